The van der Waals surface area contributed by atoms with Gasteiger partial charge in [-0.15, -0.1) is 0 Å². The Hall–Kier alpha value is -0.640. The lowest BCUT2D eigenvalue weighted by molar-refractivity contribution is -0.118. The molecule has 1 aliphatic heterocycles. The van der Waals surface area contributed by atoms with Gasteiger partial charge in [0.15, 0.2) is 5.05 Å². The number of hydrogen-bond donors (Lipinski definition) is 0. The fourth-order valence-corrected chi connectivity index (χ4v) is 0.906. The van der Waals surface area contributed by atoms with Crippen LogP contribution in [0.1, 0.15) is 0 Å². The maximum Gasteiger partial charge on any atom is 0.210 e. The largest absolute Gasteiger partial charge is 0.483 e. The van der Waals surface area contributed by atoms with Crippen molar-refractivity contribution in [3.63, 3.8) is 0 Å². The van der Waals surface area contributed by atoms with Crippen LogP contribution in [0, 0.1) is 0 Å². The smallest absolute Gasteiger partial charge is 0.210 e. The summed E-state index contributed by atoms with van der Waals surface area (Å²) in [4.78, 5) is 11.7. The SMILES string of the molecule is O=CN1CCOC(=S)C1. The number of carbonyl (C=O) groups excluding carboxylic acids is 1. The molecule has 4 heteroatoms. The highest BCUT2D eigenvalue weighted by Crippen LogP contribution is 1.95. The predicted octanol–water partition coefficient (Wildman–Crippen LogP) is -0.198. The first kappa shape index (κ1) is 6.48. The number of morpholine rings is 1. The fraction of sp³-hybridized carbons (Fsp3) is 0.600. The minimum Gasteiger partial charge on any atom is -0.483 e. The summed E-state index contributed by atoms with van der Waals surface area (Å²) in [6, 6.07) is 0. The first-order chi connectivity index (χ1) is 4.33. The van der Waals surface area contributed by atoms with Crippen molar-refractivity contribution < 1.29 is 9.53 Å². The van der Waals surface area contributed by atoms with Gasteiger partial charge < -0.3 is 9.64 Å². The van der Waals surface area contributed by atoms with Crippen molar-refractivity contribution in [2.24, 2.45) is 0 Å². The number of rotatable bonds is 1. The summed E-state index contributed by atoms with van der Waals surface area (Å²) in [6.45, 7) is 1.67. The van der Waals surface area contributed by atoms with Crippen LogP contribution < -0.4 is 0 Å². The van der Waals surface area contributed by atoms with Crippen LogP contribution in [0.4, 0.5) is 0 Å². The van der Waals surface area contributed by atoms with Crippen molar-refractivity contribution in [3.05, 3.63) is 0 Å². The normalized spacial score (nSPS) is 19.1. The summed E-state index contributed by atoms with van der Waals surface area (Å²) in [7, 11) is 0. The maximum atomic E-state index is 10.1. The molecule has 0 atom stereocenters. The highest BCUT2D eigenvalue weighted by Gasteiger charge is 2.11. The molecule has 1 amide bonds. The molecule has 1 fully saturated rings. The molecule has 0 unspecified atom stereocenters. The Bertz CT molecular complexity index is 137. The van der Waals surface area contributed by atoms with Gasteiger partial charge in [0.25, 0.3) is 0 Å². The molecule has 0 N–H and O–H groups in total. The number of thiocarbonyl (C=S) groups is 1. The van der Waals surface area contributed by atoms with Gasteiger partial charge in [-0.05, 0) is 12.2 Å². The molecule has 0 aromatic heterocycles. The summed E-state index contributed by atoms with van der Waals surface area (Å²) >= 11 is 4.73. The molecule has 50 valence electrons. The standard InChI is InChI=1S/C5H7NO2S/c7-4-6-1-2-8-5(9)3-6/h4H,1-3H2. The Morgan fingerprint density at radius 3 is 3.00 bits per heavy atom. The van der Waals surface area contributed by atoms with E-state index in [1.165, 1.54) is 0 Å². The Morgan fingerprint density at radius 2 is 2.56 bits per heavy atom. The van der Waals surface area contributed by atoms with Gasteiger partial charge in [-0.1, -0.05) is 0 Å². The molecule has 0 bridgehead atoms. The zero-order valence-electron chi connectivity index (χ0n) is 4.87. The average molecular weight is 145 g/mol. The van der Waals surface area contributed by atoms with E-state index in [-0.39, 0.29) is 0 Å². The third-order valence-corrected chi connectivity index (χ3v) is 1.37. The van der Waals surface area contributed by atoms with E-state index in [0.29, 0.717) is 24.7 Å². The van der Waals surface area contributed by atoms with Crippen LogP contribution >= 0.6 is 12.2 Å². The van der Waals surface area contributed by atoms with E-state index in [4.69, 9.17) is 17.0 Å². The van der Waals surface area contributed by atoms with Gasteiger partial charge in [-0.3, -0.25) is 4.79 Å². The molecule has 0 aromatic carbocycles. The molecule has 0 radical (unpaired) electrons. The van der Waals surface area contributed by atoms with E-state index in [2.05, 4.69) is 0 Å². The van der Waals surface area contributed by atoms with Crippen molar-refractivity contribution in [3.8, 4) is 0 Å². The molecular formula is C5H7NO2S. The molecule has 0 aromatic rings. The quantitative estimate of drug-likeness (QED) is 0.378. The van der Waals surface area contributed by atoms with Gasteiger partial charge in [-0.2, -0.15) is 0 Å². The second-order valence-corrected chi connectivity index (χ2v) is 2.25. The molecule has 1 rings (SSSR count). The van der Waals surface area contributed by atoms with E-state index < -0.39 is 0 Å². The van der Waals surface area contributed by atoms with Crippen LogP contribution in [0.25, 0.3) is 0 Å². The zero-order valence-corrected chi connectivity index (χ0v) is 5.69. The van der Waals surface area contributed by atoms with Gasteiger partial charge in [0, 0.05) is 0 Å². The second kappa shape index (κ2) is 2.77. The van der Waals surface area contributed by atoms with E-state index in [1.54, 1.807) is 4.90 Å². The highest BCUT2D eigenvalue weighted by molar-refractivity contribution is 7.80. The molecular weight excluding hydrogens is 138 g/mol. The van der Waals surface area contributed by atoms with Gasteiger partial charge in [-0.25, -0.2) is 0 Å². The third kappa shape index (κ3) is 1.64. The molecule has 0 saturated carbocycles. The second-order valence-electron chi connectivity index (χ2n) is 1.80. The van der Waals surface area contributed by atoms with E-state index in [0.717, 1.165) is 6.41 Å². The number of nitrogens with zero attached hydrogens (tertiary/aromatic N) is 1. The highest BCUT2D eigenvalue weighted by atomic mass is 32.1. The van der Waals surface area contributed by atoms with Crippen molar-refractivity contribution in [2.45, 2.75) is 0 Å². The maximum absolute atomic E-state index is 10.1. The zero-order chi connectivity index (χ0) is 6.69. The Morgan fingerprint density at radius 1 is 1.78 bits per heavy atom. The topological polar surface area (TPSA) is 29.5 Å². The van der Waals surface area contributed by atoms with E-state index >= 15 is 0 Å². The lowest BCUT2D eigenvalue weighted by atomic mass is 10.5. The molecule has 0 aliphatic carbocycles. The number of hydrogen-bond acceptors (Lipinski definition) is 3. The van der Waals surface area contributed by atoms with E-state index in [1.807, 2.05) is 0 Å². The molecule has 9 heavy (non-hydrogen) atoms. The van der Waals surface area contributed by atoms with Crippen LogP contribution in [0.5, 0.6) is 0 Å². The summed E-state index contributed by atoms with van der Waals surface area (Å²) in [5.74, 6) is 0. The Kier molecular flexibility index (Phi) is 2.00. The molecule has 3 nitrogen and oxygen atoms in total. The molecule has 0 spiro atoms. The minimum absolute atomic E-state index is 0.471. The minimum atomic E-state index is 0.471. The third-order valence-electron chi connectivity index (χ3n) is 1.12. The van der Waals surface area contributed by atoms with Crippen molar-refractivity contribution in [1.82, 2.24) is 4.90 Å². The first-order valence-corrected chi connectivity index (χ1v) is 3.09. The van der Waals surface area contributed by atoms with Crippen molar-refractivity contribution in [2.75, 3.05) is 19.7 Å². The van der Waals surface area contributed by atoms with Crippen LogP contribution in [-0.2, 0) is 9.53 Å². The Labute approximate surface area is 58.6 Å². The number of carbonyl (C=O) groups is 1. The van der Waals surface area contributed by atoms with Crippen molar-refractivity contribution >= 4 is 23.7 Å². The summed E-state index contributed by atoms with van der Waals surface area (Å²) < 4.78 is 4.94. The van der Waals surface area contributed by atoms with E-state index in [9.17, 15) is 4.79 Å². The fourth-order valence-electron chi connectivity index (χ4n) is 0.657. The van der Waals surface area contributed by atoms with Gasteiger partial charge in [0.2, 0.25) is 6.41 Å². The Balaban J connectivity index is 2.40. The summed E-state index contributed by atoms with van der Waals surface area (Å²) in [5, 5.41) is 0.508. The van der Waals surface area contributed by atoms with Crippen LogP contribution in [0.3, 0.4) is 0 Å². The summed E-state index contributed by atoms with van der Waals surface area (Å²) in [5.41, 5.74) is 0. The first-order valence-electron chi connectivity index (χ1n) is 2.68. The van der Waals surface area contributed by atoms with Crippen LogP contribution in [0.2, 0.25) is 0 Å². The van der Waals surface area contributed by atoms with Crippen LogP contribution in [-0.4, -0.2) is 36.1 Å². The monoisotopic (exact) mass is 145 g/mol. The van der Waals surface area contributed by atoms with Gasteiger partial charge >= 0.3 is 0 Å². The molecule has 1 aliphatic rings. The predicted molar refractivity (Wildman–Crippen MR) is 36.2 cm³/mol. The summed E-state index contributed by atoms with van der Waals surface area (Å²) in [6.07, 6.45) is 0.787. The van der Waals surface area contributed by atoms with Gasteiger partial charge in [0.05, 0.1) is 13.1 Å². The van der Waals surface area contributed by atoms with Crippen LogP contribution in [0.15, 0.2) is 0 Å². The van der Waals surface area contributed by atoms with Gasteiger partial charge in [0.1, 0.15) is 6.61 Å². The molecule has 1 heterocycles. The average Bonchev–Trinajstić information content (AvgIpc) is 1.88. The van der Waals surface area contributed by atoms with Crippen molar-refractivity contribution in [1.29, 1.82) is 0 Å². The lowest BCUT2D eigenvalue weighted by Gasteiger charge is -2.23. The molecule has 1 saturated heterocycles. The lowest BCUT2D eigenvalue weighted by Crippen LogP contribution is -2.37. The number of ether oxygens (including phenoxy) is 1. The number of amides is 1.